The number of nitrogens with zero attached hydrogens (tertiary/aromatic N) is 8. The summed E-state index contributed by atoms with van der Waals surface area (Å²) in [4.78, 5) is 63.8. The van der Waals surface area contributed by atoms with Gasteiger partial charge in [-0.2, -0.15) is 14.6 Å². The second-order valence-electron chi connectivity index (χ2n) is 16.8. The molecule has 2 amide bonds. The Labute approximate surface area is 327 Å². The number of amides is 2. The summed E-state index contributed by atoms with van der Waals surface area (Å²) in [5.41, 5.74) is 3.43. The molecule has 4 aliphatic rings. The lowest BCUT2D eigenvalue weighted by molar-refractivity contribution is -0.169. The lowest BCUT2D eigenvalue weighted by Crippen LogP contribution is -2.59. The number of nitrogens with one attached hydrogen (secondary N) is 2. The molecule has 2 N–H and O–H groups in total. The average Bonchev–Trinajstić information content (AvgIpc) is 4.06. The number of carbonyl (C=O) groups is 2. The van der Waals surface area contributed by atoms with Gasteiger partial charge in [-0.15, -0.1) is 0 Å². The van der Waals surface area contributed by atoms with Gasteiger partial charge in [0.1, 0.15) is 18.1 Å². The molecule has 15 nitrogen and oxygen atoms in total. The molecule has 5 aromatic rings. The molecule has 2 atom stereocenters. The van der Waals surface area contributed by atoms with Crippen LogP contribution in [0.4, 0.5) is 5.95 Å². The van der Waals surface area contributed by atoms with Crippen LogP contribution in [0.1, 0.15) is 118 Å². The highest BCUT2D eigenvalue weighted by Crippen LogP contribution is 2.47. The molecule has 1 spiro atoms. The van der Waals surface area contributed by atoms with Gasteiger partial charge in [-0.25, -0.2) is 14.3 Å². The molecule has 1 saturated heterocycles. The van der Waals surface area contributed by atoms with Crippen LogP contribution in [0.2, 0.25) is 0 Å². The molecule has 4 fully saturated rings. The van der Waals surface area contributed by atoms with Crippen LogP contribution in [0.3, 0.4) is 0 Å². The minimum Gasteiger partial charge on any atom is -0.380 e. The fourth-order valence-corrected chi connectivity index (χ4v) is 8.26. The van der Waals surface area contributed by atoms with Gasteiger partial charge in [0, 0.05) is 57.8 Å². The van der Waals surface area contributed by atoms with Gasteiger partial charge in [0.25, 0.3) is 11.1 Å². The highest BCUT2D eigenvalue weighted by Gasteiger charge is 2.50. The summed E-state index contributed by atoms with van der Waals surface area (Å²) in [5.74, 6) is 1.56. The van der Waals surface area contributed by atoms with E-state index in [0.29, 0.717) is 33.9 Å². The van der Waals surface area contributed by atoms with Crippen molar-refractivity contribution in [1.82, 2.24) is 44.2 Å². The molecule has 1 aliphatic heterocycles. The molecule has 0 radical (unpaired) electrons. The maximum Gasteiger partial charge on any atom is 0.276 e. The second-order valence-corrected chi connectivity index (χ2v) is 17.7. The van der Waals surface area contributed by atoms with Crippen LogP contribution < -0.4 is 21.8 Å². The van der Waals surface area contributed by atoms with Crippen LogP contribution in [-0.2, 0) is 27.4 Å². The van der Waals surface area contributed by atoms with E-state index in [-0.39, 0.29) is 53.9 Å². The Morgan fingerprint density at radius 3 is 1.91 bits per heavy atom. The zero-order valence-electron chi connectivity index (χ0n) is 32.7. The predicted molar refractivity (Wildman–Crippen MR) is 212 cm³/mol. The van der Waals surface area contributed by atoms with Crippen molar-refractivity contribution in [2.24, 2.45) is 11.3 Å². The smallest absolute Gasteiger partial charge is 0.276 e. The number of rotatable bonds is 10. The van der Waals surface area contributed by atoms with Gasteiger partial charge in [-0.3, -0.25) is 34.5 Å². The van der Waals surface area contributed by atoms with Crippen molar-refractivity contribution in [2.75, 3.05) is 18.5 Å². The summed E-state index contributed by atoms with van der Waals surface area (Å²) in [5, 5.41) is 18.2. The number of fused-ring (bicyclic) bond motifs is 2. The van der Waals surface area contributed by atoms with E-state index in [2.05, 4.69) is 60.9 Å². The van der Waals surface area contributed by atoms with Gasteiger partial charge in [-0.1, -0.05) is 34.6 Å². The molecule has 0 bridgehead atoms. The van der Waals surface area contributed by atoms with Gasteiger partial charge in [-0.05, 0) is 80.4 Å². The first-order valence-corrected chi connectivity index (χ1v) is 20.3. The molecule has 5 aromatic heterocycles. The van der Waals surface area contributed by atoms with Crippen molar-refractivity contribution in [3.63, 3.8) is 0 Å². The van der Waals surface area contributed by atoms with E-state index in [1.54, 1.807) is 19.3 Å². The van der Waals surface area contributed by atoms with Crippen LogP contribution in [-0.4, -0.2) is 70.0 Å². The number of aromatic nitrogens is 8. The maximum absolute atomic E-state index is 12.9. The van der Waals surface area contributed by atoms with Crippen molar-refractivity contribution >= 4 is 50.8 Å². The fourth-order valence-electron chi connectivity index (χ4n) is 7.82. The quantitative estimate of drug-likeness (QED) is 0.196. The largest absolute Gasteiger partial charge is 0.380 e. The van der Waals surface area contributed by atoms with E-state index in [9.17, 15) is 19.2 Å². The third kappa shape index (κ3) is 7.73. The Kier molecular flexibility index (Phi) is 10.1. The summed E-state index contributed by atoms with van der Waals surface area (Å²) in [6.07, 6.45) is 8.67. The van der Waals surface area contributed by atoms with E-state index < -0.39 is 5.91 Å². The minimum atomic E-state index is -0.391. The molecule has 2 unspecified atom stereocenters. The first-order valence-electron chi connectivity index (χ1n) is 19.6. The Bertz CT molecular complexity index is 2460. The second kappa shape index (κ2) is 14.8. The summed E-state index contributed by atoms with van der Waals surface area (Å²) < 4.78 is 11.8. The van der Waals surface area contributed by atoms with E-state index in [0.717, 1.165) is 83.9 Å². The summed E-state index contributed by atoms with van der Waals surface area (Å²) >= 11 is 1.20. The van der Waals surface area contributed by atoms with Crippen molar-refractivity contribution in [3.05, 3.63) is 73.0 Å². The van der Waals surface area contributed by atoms with Crippen LogP contribution >= 0.6 is 11.5 Å². The molecule has 3 aliphatic carbocycles. The number of ether oxygens (including phenoxy) is 1. The van der Waals surface area contributed by atoms with Crippen LogP contribution in [0, 0.1) is 18.3 Å². The van der Waals surface area contributed by atoms with Crippen molar-refractivity contribution in [1.29, 1.82) is 0 Å². The van der Waals surface area contributed by atoms with Crippen molar-refractivity contribution < 1.29 is 14.3 Å². The van der Waals surface area contributed by atoms with Crippen LogP contribution in [0.5, 0.6) is 0 Å². The monoisotopic (exact) mass is 780 g/mol. The minimum absolute atomic E-state index is 0.0567. The van der Waals surface area contributed by atoms with Gasteiger partial charge < -0.3 is 10.1 Å². The molecule has 6 heterocycles. The average molecular weight is 781 g/mol. The third-order valence-corrected chi connectivity index (χ3v) is 11.9. The molecular formula is C40H48N10O5S. The Morgan fingerprint density at radius 2 is 1.43 bits per heavy atom. The van der Waals surface area contributed by atoms with Crippen LogP contribution in [0.25, 0.3) is 21.5 Å². The molecule has 16 heteroatoms. The lowest BCUT2D eigenvalue weighted by Gasteiger charge is -2.53. The Hall–Kier alpha value is -4.96. The van der Waals surface area contributed by atoms with E-state index in [1.165, 1.54) is 20.9 Å². The first kappa shape index (κ1) is 37.9. The number of hydrogen-bond donors (Lipinski definition) is 2. The number of pyridine rings is 2. The molecule has 3 saturated carbocycles. The summed E-state index contributed by atoms with van der Waals surface area (Å²) in [6.45, 7) is 13.5. The van der Waals surface area contributed by atoms with Gasteiger partial charge in [0.2, 0.25) is 17.8 Å². The van der Waals surface area contributed by atoms with E-state index in [4.69, 9.17) is 4.74 Å². The van der Waals surface area contributed by atoms with Crippen LogP contribution in [0.15, 0.2) is 34.1 Å². The highest BCUT2D eigenvalue weighted by molar-refractivity contribution is 7.05. The fraction of sp³-hybridized carbons (Fsp3) is 0.550. The molecule has 294 valence electrons. The number of hydrogen-bond acceptors (Lipinski definition) is 12. The zero-order chi connectivity index (χ0) is 39.5. The molecule has 56 heavy (non-hydrogen) atoms. The van der Waals surface area contributed by atoms with Gasteiger partial charge >= 0.3 is 0 Å². The van der Waals surface area contributed by atoms with E-state index in [1.807, 2.05) is 26.0 Å². The number of aryl methyl sites for hydroxylation is 1. The summed E-state index contributed by atoms with van der Waals surface area (Å²) in [6, 6.07) is 4.20. The maximum atomic E-state index is 12.9. The molecular weight excluding hydrogens is 733 g/mol. The standard InChI is InChI=1S/C21H26N4O3.C19H22N6O2S/c1-12(2)19-15-5-17(13-3-4-13)22-8-16(15)20(27)25(24-19)9-18(26)23-14-6-21(7-14)10-28-11-21;1-9(2)17-13-6-15(12-5-10(12)3)20-7-14(13)18(27)25(23-17)8-16(26)22-19-21-11(4)28-24-19/h5,8,12-14H,3-4,6-7,9-11H2,1-2H3,(H,23,26);6-7,9-10,12H,5,8H2,1-4H3,(H,22,24,26). The molecule has 9 rings (SSSR count). The predicted octanol–water partition coefficient (Wildman–Crippen LogP) is 4.92. The van der Waals surface area contributed by atoms with Crippen molar-refractivity contribution in [2.45, 2.75) is 116 Å². The lowest BCUT2D eigenvalue weighted by atomic mass is 9.64. The molecule has 0 aromatic carbocycles. The van der Waals surface area contributed by atoms with Gasteiger partial charge in [0.05, 0.1) is 35.4 Å². The topological polar surface area (TPSA) is 189 Å². The SMILES string of the molecule is CC(C)c1nn(CC(=O)NC2CC3(COC3)C2)c(=O)c2cnc(C3CC3)cc12.Cc1nc(NC(=O)Cn2nc(C(C)C)c3cc(C4CC4C)ncc3c2=O)ns1. The van der Waals surface area contributed by atoms with Gasteiger partial charge in [0.15, 0.2) is 0 Å². The summed E-state index contributed by atoms with van der Waals surface area (Å²) in [7, 11) is 0. The number of anilines is 1. The number of carbonyl (C=O) groups excluding carboxylic acids is 2. The Morgan fingerprint density at radius 1 is 0.875 bits per heavy atom. The van der Waals surface area contributed by atoms with Crippen molar-refractivity contribution in [3.8, 4) is 0 Å². The normalized spacial score (nSPS) is 19.8. The first-order chi connectivity index (χ1) is 26.8. The van der Waals surface area contributed by atoms with E-state index >= 15 is 0 Å². The highest BCUT2D eigenvalue weighted by atomic mass is 32.1. The Balaban J connectivity index is 0.000000157. The zero-order valence-corrected chi connectivity index (χ0v) is 33.5. The third-order valence-electron chi connectivity index (χ3n) is 11.3.